The highest BCUT2D eigenvalue weighted by Gasteiger charge is 2.12. The highest BCUT2D eigenvalue weighted by Crippen LogP contribution is 2.38. The fraction of sp³-hybridized carbons (Fsp3) is 0.364. The molecule has 0 aliphatic rings. The predicted octanol–water partition coefficient (Wildman–Crippen LogP) is 1.12. The summed E-state index contributed by atoms with van der Waals surface area (Å²) in [6, 6.07) is 3.61. The van der Waals surface area contributed by atoms with Gasteiger partial charge in [-0.3, -0.25) is 5.41 Å². The molecule has 0 unspecified atom stereocenters. The Morgan fingerprint density at radius 3 is 2.00 bits per heavy atom. The monoisotopic (exact) mass is 275 g/mol. The highest BCUT2D eigenvalue weighted by atomic mass is 35.5. The maximum Gasteiger partial charge on any atom is 0.203 e. The van der Waals surface area contributed by atoms with Gasteiger partial charge in [0.1, 0.15) is 0 Å². The molecular formula is C11H18ClN3O3. The van der Waals surface area contributed by atoms with Gasteiger partial charge >= 0.3 is 0 Å². The molecular weight excluding hydrogens is 258 g/mol. The van der Waals surface area contributed by atoms with E-state index < -0.39 is 0 Å². The lowest BCUT2D eigenvalue weighted by molar-refractivity contribution is 0.323. The van der Waals surface area contributed by atoms with Crippen LogP contribution in [0.4, 0.5) is 0 Å². The smallest absolute Gasteiger partial charge is 0.203 e. The van der Waals surface area contributed by atoms with Crippen molar-refractivity contribution in [1.29, 1.82) is 5.41 Å². The molecule has 0 heterocycles. The standard InChI is InChI=1S/C11H17N3O3.ClH/c1-15-8-4-7(6-14-11(12)13)5-9(16-2)10(8)17-3;/h4-5H,6H2,1-3H3,(H4,12,13,14);1H. The molecule has 0 saturated heterocycles. The predicted molar refractivity (Wildman–Crippen MR) is 72.1 cm³/mol. The summed E-state index contributed by atoms with van der Waals surface area (Å²) in [4.78, 5) is 0. The van der Waals surface area contributed by atoms with Crippen LogP contribution in [0.5, 0.6) is 17.2 Å². The zero-order chi connectivity index (χ0) is 12.8. The van der Waals surface area contributed by atoms with Gasteiger partial charge in [-0.2, -0.15) is 0 Å². The number of hydrogen-bond acceptors (Lipinski definition) is 4. The number of benzene rings is 1. The topological polar surface area (TPSA) is 89.6 Å². The summed E-state index contributed by atoms with van der Waals surface area (Å²) >= 11 is 0. The second-order valence-electron chi connectivity index (χ2n) is 3.30. The molecule has 0 radical (unpaired) electrons. The molecule has 0 spiro atoms. The quantitative estimate of drug-likeness (QED) is 0.553. The van der Waals surface area contributed by atoms with Crippen molar-refractivity contribution >= 4 is 18.4 Å². The Morgan fingerprint density at radius 1 is 1.17 bits per heavy atom. The number of ether oxygens (including phenoxy) is 3. The van der Waals surface area contributed by atoms with Gasteiger partial charge in [0, 0.05) is 6.54 Å². The molecule has 1 rings (SSSR count). The summed E-state index contributed by atoms with van der Waals surface area (Å²) in [7, 11) is 4.66. The Morgan fingerprint density at radius 2 is 1.67 bits per heavy atom. The van der Waals surface area contributed by atoms with Gasteiger partial charge in [-0.05, 0) is 17.7 Å². The van der Waals surface area contributed by atoms with E-state index in [9.17, 15) is 0 Å². The Bertz CT molecular complexity index is 388. The first kappa shape index (κ1) is 16.2. The summed E-state index contributed by atoms with van der Waals surface area (Å²) in [5.74, 6) is 1.61. The fourth-order valence-electron chi connectivity index (χ4n) is 1.43. The van der Waals surface area contributed by atoms with E-state index in [4.69, 9.17) is 25.4 Å². The Balaban J connectivity index is 0.00000289. The fourth-order valence-corrected chi connectivity index (χ4v) is 1.43. The van der Waals surface area contributed by atoms with Crippen molar-refractivity contribution in [2.45, 2.75) is 6.54 Å². The number of guanidine groups is 1. The lowest BCUT2D eigenvalue weighted by atomic mass is 10.2. The van der Waals surface area contributed by atoms with Crippen LogP contribution in [0.1, 0.15) is 5.56 Å². The molecule has 6 nitrogen and oxygen atoms in total. The van der Waals surface area contributed by atoms with Crippen LogP contribution in [0.2, 0.25) is 0 Å². The summed E-state index contributed by atoms with van der Waals surface area (Å²) < 4.78 is 15.6. The van der Waals surface area contributed by atoms with Crippen LogP contribution in [0.3, 0.4) is 0 Å². The minimum Gasteiger partial charge on any atom is -0.493 e. The summed E-state index contributed by atoms with van der Waals surface area (Å²) in [6.45, 7) is 0.423. The van der Waals surface area contributed by atoms with Crippen LogP contribution in [0, 0.1) is 5.41 Å². The minimum absolute atomic E-state index is 0. The summed E-state index contributed by atoms with van der Waals surface area (Å²) in [5.41, 5.74) is 6.11. The highest BCUT2D eigenvalue weighted by molar-refractivity contribution is 5.85. The van der Waals surface area contributed by atoms with Gasteiger partial charge in [-0.15, -0.1) is 12.4 Å². The van der Waals surface area contributed by atoms with Gasteiger partial charge in [0.05, 0.1) is 21.3 Å². The van der Waals surface area contributed by atoms with Crippen molar-refractivity contribution in [3.8, 4) is 17.2 Å². The van der Waals surface area contributed by atoms with Gasteiger partial charge in [-0.1, -0.05) is 0 Å². The average Bonchev–Trinajstić information content (AvgIpc) is 2.34. The number of nitrogens with one attached hydrogen (secondary N) is 2. The third kappa shape index (κ3) is 3.89. The van der Waals surface area contributed by atoms with Crippen molar-refractivity contribution < 1.29 is 14.2 Å². The van der Waals surface area contributed by atoms with Crippen molar-refractivity contribution in [3.05, 3.63) is 17.7 Å². The molecule has 0 fully saturated rings. The Hall–Kier alpha value is -1.82. The zero-order valence-corrected chi connectivity index (χ0v) is 11.4. The van der Waals surface area contributed by atoms with Crippen LogP contribution < -0.4 is 25.3 Å². The van der Waals surface area contributed by atoms with Crippen LogP contribution >= 0.6 is 12.4 Å². The summed E-state index contributed by atoms with van der Waals surface area (Å²) in [5, 5.41) is 9.81. The Kier molecular flexibility index (Phi) is 6.74. The number of rotatable bonds is 5. The number of nitrogens with two attached hydrogens (primary N) is 1. The zero-order valence-electron chi connectivity index (χ0n) is 10.6. The molecule has 0 aromatic heterocycles. The van der Waals surface area contributed by atoms with Crippen molar-refractivity contribution in [2.24, 2.45) is 5.73 Å². The normalized spacial score (nSPS) is 9.06. The lowest BCUT2D eigenvalue weighted by Crippen LogP contribution is -2.29. The molecule has 0 atom stereocenters. The molecule has 102 valence electrons. The van der Waals surface area contributed by atoms with Crippen LogP contribution in [0.15, 0.2) is 12.1 Å². The van der Waals surface area contributed by atoms with E-state index in [2.05, 4.69) is 5.32 Å². The van der Waals surface area contributed by atoms with Gasteiger partial charge in [0.15, 0.2) is 17.5 Å². The average molecular weight is 276 g/mol. The first-order valence-electron chi connectivity index (χ1n) is 4.99. The summed E-state index contributed by atoms with van der Waals surface area (Å²) in [6.07, 6.45) is 0. The molecule has 0 amide bonds. The minimum atomic E-state index is -0.0845. The van der Waals surface area contributed by atoms with E-state index in [1.165, 1.54) is 0 Å². The van der Waals surface area contributed by atoms with Crippen LogP contribution in [-0.4, -0.2) is 27.3 Å². The van der Waals surface area contributed by atoms with Crippen LogP contribution in [0.25, 0.3) is 0 Å². The molecule has 1 aromatic rings. The van der Waals surface area contributed by atoms with E-state index in [1.807, 2.05) is 0 Å². The SMILES string of the molecule is COc1cc(CNC(=N)N)cc(OC)c1OC.Cl. The number of methoxy groups -OCH3 is 3. The van der Waals surface area contributed by atoms with E-state index in [0.29, 0.717) is 23.8 Å². The van der Waals surface area contributed by atoms with E-state index in [0.717, 1.165) is 5.56 Å². The third-order valence-corrected chi connectivity index (χ3v) is 2.21. The number of halogens is 1. The maximum atomic E-state index is 7.10. The third-order valence-electron chi connectivity index (χ3n) is 2.21. The maximum absolute atomic E-state index is 7.10. The van der Waals surface area contributed by atoms with Crippen LogP contribution in [-0.2, 0) is 6.54 Å². The number of hydrogen-bond donors (Lipinski definition) is 3. The molecule has 4 N–H and O–H groups in total. The molecule has 0 bridgehead atoms. The first-order valence-corrected chi connectivity index (χ1v) is 4.99. The lowest BCUT2D eigenvalue weighted by Gasteiger charge is -2.14. The molecule has 1 aromatic carbocycles. The molecule has 0 aliphatic heterocycles. The molecule has 0 aliphatic carbocycles. The van der Waals surface area contributed by atoms with E-state index in [1.54, 1.807) is 33.5 Å². The second-order valence-corrected chi connectivity index (χ2v) is 3.30. The molecule has 18 heavy (non-hydrogen) atoms. The Labute approximate surface area is 112 Å². The van der Waals surface area contributed by atoms with Crippen molar-refractivity contribution in [1.82, 2.24) is 5.32 Å². The van der Waals surface area contributed by atoms with Gasteiger partial charge < -0.3 is 25.3 Å². The van der Waals surface area contributed by atoms with Crippen molar-refractivity contribution in [3.63, 3.8) is 0 Å². The molecule has 0 saturated carbocycles. The molecule has 7 heteroatoms. The van der Waals surface area contributed by atoms with E-state index >= 15 is 0 Å². The van der Waals surface area contributed by atoms with Crippen molar-refractivity contribution in [2.75, 3.05) is 21.3 Å². The largest absolute Gasteiger partial charge is 0.493 e. The van der Waals surface area contributed by atoms with Gasteiger partial charge in [-0.25, -0.2) is 0 Å². The van der Waals surface area contributed by atoms with Gasteiger partial charge in [0.25, 0.3) is 0 Å². The first-order chi connectivity index (χ1) is 8.12. The second kappa shape index (κ2) is 7.50. The van der Waals surface area contributed by atoms with Gasteiger partial charge in [0.2, 0.25) is 5.75 Å². The van der Waals surface area contributed by atoms with E-state index in [-0.39, 0.29) is 18.4 Å².